The van der Waals surface area contributed by atoms with Crippen LogP contribution in [0.25, 0.3) is 0 Å². The molecule has 0 atom stereocenters. The normalized spacial score (nSPS) is 10.3. The van der Waals surface area contributed by atoms with Gasteiger partial charge in [-0.05, 0) is 50.2 Å². The van der Waals surface area contributed by atoms with Gasteiger partial charge in [0.15, 0.2) is 0 Å². The molecule has 0 aromatic heterocycles. The smallest absolute Gasteiger partial charge is 0.0410 e. The first kappa shape index (κ1) is 12.3. The summed E-state index contributed by atoms with van der Waals surface area (Å²) in [6.45, 7) is 7.29. The van der Waals surface area contributed by atoms with E-state index in [1.165, 1.54) is 11.3 Å². The Kier molecular flexibility index (Phi) is 5.51. The molecule has 3 heteroatoms. The number of benzene rings is 1. The Bertz CT molecular complexity index is 300. The summed E-state index contributed by atoms with van der Waals surface area (Å²) < 4.78 is 0. The monoisotopic (exact) mass is 226 g/mol. The third-order valence-electron chi connectivity index (χ3n) is 2.28. The molecule has 0 heterocycles. The number of hydrogen-bond donors (Lipinski definition) is 2. The van der Waals surface area contributed by atoms with Gasteiger partial charge in [0.1, 0.15) is 0 Å². The van der Waals surface area contributed by atoms with Crippen molar-refractivity contribution >= 4 is 17.3 Å². The first-order valence-electron chi connectivity index (χ1n) is 5.44. The first-order chi connectivity index (χ1) is 7.24. The second-order valence-corrected chi connectivity index (χ2v) is 4.03. The maximum Gasteiger partial charge on any atom is 0.0410 e. The van der Waals surface area contributed by atoms with Gasteiger partial charge in [0.05, 0.1) is 0 Å². The van der Waals surface area contributed by atoms with E-state index in [1.807, 2.05) is 18.2 Å². The van der Waals surface area contributed by atoms with Gasteiger partial charge < -0.3 is 10.6 Å². The number of hydrogen-bond acceptors (Lipinski definition) is 2. The summed E-state index contributed by atoms with van der Waals surface area (Å²) in [5, 5.41) is 7.49. The third kappa shape index (κ3) is 4.54. The van der Waals surface area contributed by atoms with Crippen molar-refractivity contribution in [1.29, 1.82) is 0 Å². The number of nitrogens with one attached hydrogen (secondary N) is 2. The van der Waals surface area contributed by atoms with Crippen LogP contribution in [0.15, 0.2) is 18.2 Å². The topological polar surface area (TPSA) is 24.1 Å². The van der Waals surface area contributed by atoms with Crippen LogP contribution in [0.1, 0.15) is 18.9 Å². The van der Waals surface area contributed by atoms with Crippen molar-refractivity contribution in [2.24, 2.45) is 0 Å². The molecule has 0 amide bonds. The van der Waals surface area contributed by atoms with E-state index in [-0.39, 0.29) is 0 Å². The summed E-state index contributed by atoms with van der Waals surface area (Å²) in [7, 11) is 0. The summed E-state index contributed by atoms with van der Waals surface area (Å²) in [5.74, 6) is 0. The van der Waals surface area contributed by atoms with Crippen LogP contribution in [0.4, 0.5) is 5.69 Å². The van der Waals surface area contributed by atoms with E-state index < -0.39 is 0 Å². The molecule has 1 aromatic rings. The number of halogens is 1. The highest BCUT2D eigenvalue weighted by Gasteiger charge is 1.97. The summed E-state index contributed by atoms with van der Waals surface area (Å²) in [6, 6.07) is 5.93. The highest BCUT2D eigenvalue weighted by Crippen LogP contribution is 2.19. The van der Waals surface area contributed by atoms with Gasteiger partial charge in [-0.15, -0.1) is 0 Å². The van der Waals surface area contributed by atoms with Crippen LogP contribution in [0.3, 0.4) is 0 Å². The van der Waals surface area contributed by atoms with E-state index in [0.717, 1.165) is 31.1 Å². The van der Waals surface area contributed by atoms with Gasteiger partial charge in [0.2, 0.25) is 0 Å². The highest BCUT2D eigenvalue weighted by molar-refractivity contribution is 6.30. The van der Waals surface area contributed by atoms with Gasteiger partial charge in [-0.25, -0.2) is 0 Å². The van der Waals surface area contributed by atoms with Crippen LogP contribution in [0.2, 0.25) is 5.02 Å². The minimum Gasteiger partial charge on any atom is -0.385 e. The van der Waals surface area contributed by atoms with E-state index >= 15 is 0 Å². The lowest BCUT2D eigenvalue weighted by molar-refractivity contribution is 0.688. The summed E-state index contributed by atoms with van der Waals surface area (Å²) in [4.78, 5) is 0. The van der Waals surface area contributed by atoms with Crippen LogP contribution >= 0.6 is 11.6 Å². The number of rotatable bonds is 6. The average molecular weight is 227 g/mol. The molecule has 15 heavy (non-hydrogen) atoms. The number of aryl methyl sites for hydroxylation is 1. The fourth-order valence-electron chi connectivity index (χ4n) is 1.44. The Balaban J connectivity index is 2.31. The van der Waals surface area contributed by atoms with Crippen LogP contribution in [0, 0.1) is 6.92 Å². The van der Waals surface area contributed by atoms with E-state index in [1.54, 1.807) is 0 Å². The molecule has 0 fully saturated rings. The minimum atomic E-state index is 0.797. The summed E-state index contributed by atoms with van der Waals surface area (Å²) in [5.41, 5.74) is 2.38. The lowest BCUT2D eigenvalue weighted by Gasteiger charge is -2.09. The maximum absolute atomic E-state index is 5.88. The van der Waals surface area contributed by atoms with E-state index in [0.29, 0.717) is 0 Å². The maximum atomic E-state index is 5.88. The summed E-state index contributed by atoms with van der Waals surface area (Å²) in [6.07, 6.45) is 1.13. The molecule has 2 nitrogen and oxygen atoms in total. The highest BCUT2D eigenvalue weighted by atomic mass is 35.5. The van der Waals surface area contributed by atoms with Crippen molar-refractivity contribution < 1.29 is 0 Å². The molecule has 0 bridgehead atoms. The van der Waals surface area contributed by atoms with Gasteiger partial charge in [-0.2, -0.15) is 0 Å². The van der Waals surface area contributed by atoms with E-state index in [9.17, 15) is 0 Å². The van der Waals surface area contributed by atoms with Gasteiger partial charge in [-0.3, -0.25) is 0 Å². The standard InChI is InChI=1S/C12H19ClN2/c1-3-14-7-4-8-15-12-6-5-11(13)9-10(12)2/h5-6,9,14-15H,3-4,7-8H2,1-2H3. The number of anilines is 1. The molecule has 0 saturated heterocycles. The quantitative estimate of drug-likeness (QED) is 0.729. The molecular formula is C12H19ClN2. The average Bonchev–Trinajstić information content (AvgIpc) is 2.20. The Morgan fingerprint density at radius 1 is 1.27 bits per heavy atom. The summed E-state index contributed by atoms with van der Waals surface area (Å²) >= 11 is 5.88. The molecule has 0 aliphatic rings. The van der Waals surface area contributed by atoms with Gasteiger partial charge in [-0.1, -0.05) is 18.5 Å². The Hall–Kier alpha value is -0.730. The Morgan fingerprint density at radius 2 is 2.07 bits per heavy atom. The Morgan fingerprint density at radius 3 is 2.73 bits per heavy atom. The van der Waals surface area contributed by atoms with Crippen LogP contribution in [0.5, 0.6) is 0 Å². The van der Waals surface area contributed by atoms with E-state index in [4.69, 9.17) is 11.6 Å². The zero-order chi connectivity index (χ0) is 11.1. The SMILES string of the molecule is CCNCCCNc1ccc(Cl)cc1C. The molecule has 1 rings (SSSR count). The first-order valence-corrected chi connectivity index (χ1v) is 5.82. The fourth-order valence-corrected chi connectivity index (χ4v) is 1.67. The van der Waals surface area contributed by atoms with Crippen LogP contribution in [-0.2, 0) is 0 Å². The Labute approximate surface area is 97.0 Å². The second-order valence-electron chi connectivity index (χ2n) is 3.59. The zero-order valence-electron chi connectivity index (χ0n) is 9.44. The molecule has 0 spiro atoms. The van der Waals surface area contributed by atoms with E-state index in [2.05, 4.69) is 24.5 Å². The predicted octanol–water partition coefficient (Wildman–Crippen LogP) is 3.06. The fraction of sp³-hybridized carbons (Fsp3) is 0.500. The van der Waals surface area contributed by atoms with Gasteiger partial charge in [0.25, 0.3) is 0 Å². The molecule has 0 aliphatic carbocycles. The largest absolute Gasteiger partial charge is 0.385 e. The third-order valence-corrected chi connectivity index (χ3v) is 2.52. The zero-order valence-corrected chi connectivity index (χ0v) is 10.2. The van der Waals surface area contributed by atoms with Gasteiger partial charge >= 0.3 is 0 Å². The van der Waals surface area contributed by atoms with Crippen LogP contribution < -0.4 is 10.6 Å². The van der Waals surface area contributed by atoms with Crippen molar-refractivity contribution in [1.82, 2.24) is 5.32 Å². The van der Waals surface area contributed by atoms with Crippen molar-refractivity contribution in [3.63, 3.8) is 0 Å². The molecule has 0 unspecified atom stereocenters. The van der Waals surface area contributed by atoms with Crippen molar-refractivity contribution in [3.8, 4) is 0 Å². The van der Waals surface area contributed by atoms with Crippen molar-refractivity contribution in [2.75, 3.05) is 25.0 Å². The predicted molar refractivity (Wildman–Crippen MR) is 67.8 cm³/mol. The van der Waals surface area contributed by atoms with Crippen LogP contribution in [-0.4, -0.2) is 19.6 Å². The van der Waals surface area contributed by atoms with Crippen molar-refractivity contribution in [2.45, 2.75) is 20.3 Å². The minimum absolute atomic E-state index is 0.797. The molecule has 1 aromatic carbocycles. The van der Waals surface area contributed by atoms with Gasteiger partial charge in [0, 0.05) is 17.3 Å². The molecule has 84 valence electrons. The second kappa shape index (κ2) is 6.70. The molecule has 0 aliphatic heterocycles. The lowest BCUT2D eigenvalue weighted by Crippen LogP contribution is -2.17. The molecule has 0 radical (unpaired) electrons. The van der Waals surface area contributed by atoms with Crippen molar-refractivity contribution in [3.05, 3.63) is 28.8 Å². The molecular weight excluding hydrogens is 208 g/mol. The molecule has 2 N–H and O–H groups in total. The molecule has 0 saturated carbocycles. The lowest BCUT2D eigenvalue weighted by atomic mass is 10.2.